The van der Waals surface area contributed by atoms with Gasteiger partial charge in [0.2, 0.25) is 5.91 Å². The second-order valence-corrected chi connectivity index (χ2v) is 5.25. The van der Waals surface area contributed by atoms with E-state index in [1.807, 2.05) is 0 Å². The van der Waals surface area contributed by atoms with E-state index >= 15 is 0 Å². The summed E-state index contributed by atoms with van der Waals surface area (Å²) in [7, 11) is 0. The SMILES string of the molecule is CCC(CC)C1CN=C(NCCC(N)=O)S1. The third-order valence-electron chi connectivity index (χ3n) is 2.90. The lowest BCUT2D eigenvalue weighted by atomic mass is 9.99. The number of rotatable bonds is 6. The van der Waals surface area contributed by atoms with E-state index in [0.29, 0.717) is 18.2 Å². The summed E-state index contributed by atoms with van der Waals surface area (Å²) >= 11 is 1.81. The van der Waals surface area contributed by atoms with Gasteiger partial charge in [-0.3, -0.25) is 9.79 Å². The summed E-state index contributed by atoms with van der Waals surface area (Å²) in [5, 5.41) is 4.73. The molecule has 0 spiro atoms. The number of nitrogens with one attached hydrogen (secondary N) is 1. The fourth-order valence-corrected chi connectivity index (χ4v) is 3.19. The number of carbonyl (C=O) groups excluding carboxylic acids is 1. The van der Waals surface area contributed by atoms with E-state index in [9.17, 15) is 4.79 Å². The highest BCUT2D eigenvalue weighted by Gasteiger charge is 2.25. The van der Waals surface area contributed by atoms with Crippen molar-refractivity contribution >= 4 is 22.8 Å². The molecule has 92 valence electrons. The smallest absolute Gasteiger partial charge is 0.219 e. The quantitative estimate of drug-likeness (QED) is 0.740. The van der Waals surface area contributed by atoms with Crippen LogP contribution in [0.1, 0.15) is 33.1 Å². The second kappa shape index (κ2) is 6.78. The summed E-state index contributed by atoms with van der Waals surface area (Å²) in [4.78, 5) is 15.0. The lowest BCUT2D eigenvalue weighted by Gasteiger charge is -2.18. The topological polar surface area (TPSA) is 67.5 Å². The molecular weight excluding hydrogens is 222 g/mol. The molecule has 0 aromatic carbocycles. The van der Waals surface area contributed by atoms with Crippen molar-refractivity contribution in [1.82, 2.24) is 5.32 Å². The highest BCUT2D eigenvalue weighted by Crippen LogP contribution is 2.30. The number of thioether (sulfide) groups is 1. The molecule has 0 fully saturated rings. The fraction of sp³-hybridized carbons (Fsp3) is 0.818. The van der Waals surface area contributed by atoms with Crippen molar-refractivity contribution in [3.8, 4) is 0 Å². The number of amides is 1. The molecule has 1 aliphatic heterocycles. The molecule has 16 heavy (non-hydrogen) atoms. The van der Waals surface area contributed by atoms with Gasteiger partial charge in [-0.15, -0.1) is 0 Å². The molecule has 5 heteroatoms. The molecule has 0 radical (unpaired) electrons. The predicted molar refractivity (Wildman–Crippen MR) is 69.6 cm³/mol. The van der Waals surface area contributed by atoms with Gasteiger partial charge in [0, 0.05) is 18.2 Å². The van der Waals surface area contributed by atoms with E-state index < -0.39 is 0 Å². The van der Waals surface area contributed by atoms with Crippen LogP contribution in [0, 0.1) is 5.92 Å². The maximum Gasteiger partial charge on any atom is 0.219 e. The van der Waals surface area contributed by atoms with E-state index in [1.54, 1.807) is 11.8 Å². The Morgan fingerprint density at radius 2 is 2.31 bits per heavy atom. The minimum absolute atomic E-state index is 0.271. The van der Waals surface area contributed by atoms with Gasteiger partial charge in [-0.05, 0) is 5.92 Å². The van der Waals surface area contributed by atoms with Gasteiger partial charge in [-0.25, -0.2) is 0 Å². The Morgan fingerprint density at radius 1 is 1.62 bits per heavy atom. The van der Waals surface area contributed by atoms with E-state index in [1.165, 1.54) is 12.8 Å². The minimum Gasteiger partial charge on any atom is -0.370 e. The Bertz CT molecular complexity index is 264. The van der Waals surface area contributed by atoms with Crippen LogP contribution in [0.3, 0.4) is 0 Å². The Kier molecular flexibility index (Phi) is 5.66. The van der Waals surface area contributed by atoms with Crippen LogP contribution in [0.2, 0.25) is 0 Å². The van der Waals surface area contributed by atoms with E-state index in [4.69, 9.17) is 5.73 Å². The van der Waals surface area contributed by atoms with Gasteiger partial charge >= 0.3 is 0 Å². The highest BCUT2D eigenvalue weighted by molar-refractivity contribution is 8.14. The van der Waals surface area contributed by atoms with Crippen molar-refractivity contribution in [2.75, 3.05) is 13.1 Å². The summed E-state index contributed by atoms with van der Waals surface area (Å²) in [6.45, 7) is 5.95. The minimum atomic E-state index is -0.271. The molecule has 1 unspecified atom stereocenters. The van der Waals surface area contributed by atoms with Crippen molar-refractivity contribution < 1.29 is 4.79 Å². The van der Waals surface area contributed by atoms with Crippen LogP contribution in [0.4, 0.5) is 0 Å². The average molecular weight is 243 g/mol. The predicted octanol–water partition coefficient (Wildman–Crippen LogP) is 1.36. The number of nitrogens with two attached hydrogens (primary N) is 1. The summed E-state index contributed by atoms with van der Waals surface area (Å²) in [6, 6.07) is 0. The maximum absolute atomic E-state index is 10.6. The van der Waals surface area contributed by atoms with Gasteiger partial charge in [-0.1, -0.05) is 38.5 Å². The zero-order valence-electron chi connectivity index (χ0n) is 10.0. The lowest BCUT2D eigenvalue weighted by molar-refractivity contribution is -0.117. The molecule has 0 saturated carbocycles. The number of aliphatic imine (C=N–C) groups is 1. The monoisotopic (exact) mass is 243 g/mol. The molecule has 0 aromatic heterocycles. The number of nitrogens with zero attached hydrogens (tertiary/aromatic N) is 1. The maximum atomic E-state index is 10.6. The van der Waals surface area contributed by atoms with E-state index in [0.717, 1.165) is 17.6 Å². The Hall–Kier alpha value is -0.710. The van der Waals surface area contributed by atoms with Crippen LogP contribution in [-0.2, 0) is 4.79 Å². The summed E-state index contributed by atoms with van der Waals surface area (Å²) in [5.74, 6) is 0.469. The number of amidine groups is 1. The lowest BCUT2D eigenvalue weighted by Crippen LogP contribution is -2.26. The molecule has 0 aliphatic carbocycles. The molecule has 3 N–H and O–H groups in total. The molecular formula is C11H21N3OS. The van der Waals surface area contributed by atoms with Crippen molar-refractivity contribution in [3.63, 3.8) is 0 Å². The van der Waals surface area contributed by atoms with Crippen molar-refractivity contribution in [3.05, 3.63) is 0 Å². The first-order valence-corrected chi connectivity index (χ1v) is 6.78. The molecule has 4 nitrogen and oxygen atoms in total. The largest absolute Gasteiger partial charge is 0.370 e. The molecule has 0 saturated heterocycles. The zero-order valence-corrected chi connectivity index (χ0v) is 10.8. The van der Waals surface area contributed by atoms with Crippen LogP contribution >= 0.6 is 11.8 Å². The molecule has 0 bridgehead atoms. The molecule has 1 rings (SSSR count). The Morgan fingerprint density at radius 3 is 2.88 bits per heavy atom. The number of carbonyl (C=O) groups is 1. The van der Waals surface area contributed by atoms with E-state index in [2.05, 4.69) is 24.2 Å². The molecule has 1 amide bonds. The van der Waals surface area contributed by atoms with Crippen molar-refractivity contribution in [2.24, 2.45) is 16.6 Å². The van der Waals surface area contributed by atoms with Gasteiger partial charge < -0.3 is 11.1 Å². The van der Waals surface area contributed by atoms with Gasteiger partial charge in [-0.2, -0.15) is 0 Å². The summed E-state index contributed by atoms with van der Waals surface area (Å²) in [6.07, 6.45) is 2.78. The standard InChI is InChI=1S/C11H21N3OS/c1-3-8(4-2)9-7-14-11(16-9)13-6-5-10(12)15/h8-9H,3-7H2,1-2H3,(H2,12,15)(H,13,14). The van der Waals surface area contributed by atoms with Crippen LogP contribution in [0.15, 0.2) is 4.99 Å². The van der Waals surface area contributed by atoms with Gasteiger partial charge in [0.25, 0.3) is 0 Å². The third kappa shape index (κ3) is 4.04. The average Bonchev–Trinajstić information content (AvgIpc) is 2.68. The van der Waals surface area contributed by atoms with Gasteiger partial charge in [0.1, 0.15) is 0 Å². The van der Waals surface area contributed by atoms with Crippen LogP contribution < -0.4 is 11.1 Å². The molecule has 1 atom stereocenters. The van der Waals surface area contributed by atoms with Crippen molar-refractivity contribution in [1.29, 1.82) is 0 Å². The Labute approximate surface area is 101 Å². The van der Waals surface area contributed by atoms with Gasteiger partial charge in [0.15, 0.2) is 5.17 Å². The van der Waals surface area contributed by atoms with Gasteiger partial charge in [0.05, 0.1) is 6.54 Å². The molecule has 1 heterocycles. The Balaban J connectivity index is 2.25. The summed E-state index contributed by atoms with van der Waals surface area (Å²) < 4.78 is 0. The molecule has 0 aromatic rings. The van der Waals surface area contributed by atoms with Crippen LogP contribution in [-0.4, -0.2) is 29.4 Å². The van der Waals surface area contributed by atoms with E-state index in [-0.39, 0.29) is 5.91 Å². The van der Waals surface area contributed by atoms with Crippen LogP contribution in [0.25, 0.3) is 0 Å². The molecule has 1 aliphatic rings. The van der Waals surface area contributed by atoms with Crippen molar-refractivity contribution in [2.45, 2.75) is 38.4 Å². The summed E-state index contributed by atoms with van der Waals surface area (Å²) in [5.41, 5.74) is 5.07. The number of hydrogen-bond acceptors (Lipinski definition) is 4. The first-order chi connectivity index (χ1) is 7.67. The normalized spacial score (nSPS) is 19.9. The highest BCUT2D eigenvalue weighted by atomic mass is 32.2. The zero-order chi connectivity index (χ0) is 12.0. The first kappa shape index (κ1) is 13.4. The number of hydrogen-bond donors (Lipinski definition) is 2. The fourth-order valence-electron chi connectivity index (χ4n) is 1.84. The number of primary amides is 1. The van der Waals surface area contributed by atoms with Crippen LogP contribution in [0.5, 0.6) is 0 Å². The third-order valence-corrected chi connectivity index (χ3v) is 4.23. The second-order valence-electron chi connectivity index (χ2n) is 4.02. The first-order valence-electron chi connectivity index (χ1n) is 5.90.